The summed E-state index contributed by atoms with van der Waals surface area (Å²) < 4.78 is 34.1. The number of carbonyl (C=O) groups excluding carboxylic acids is 2. The van der Waals surface area contributed by atoms with E-state index in [9.17, 15) is 18.0 Å². The minimum absolute atomic E-state index is 0.125. The molecule has 0 atom stereocenters. The molecule has 12 heteroatoms. The second-order valence-electron chi connectivity index (χ2n) is 9.29. The largest absolute Gasteiger partial charge is 0.453 e. The van der Waals surface area contributed by atoms with Gasteiger partial charge in [-0.05, 0) is 54.4 Å². The maximum atomic E-state index is 13.5. The zero-order chi connectivity index (χ0) is 28.6. The fourth-order valence-electron chi connectivity index (χ4n) is 4.69. The van der Waals surface area contributed by atoms with Crippen molar-refractivity contribution in [1.82, 2.24) is 9.88 Å². The van der Waals surface area contributed by atoms with Crippen LogP contribution in [0.1, 0.15) is 20.8 Å². The molecule has 0 fully saturated rings. The number of thiazole rings is 1. The van der Waals surface area contributed by atoms with E-state index in [0.717, 1.165) is 31.2 Å². The molecule has 2 N–H and O–H groups in total. The number of hydrogen-bond donors (Lipinski definition) is 2. The van der Waals surface area contributed by atoms with Gasteiger partial charge in [0, 0.05) is 28.2 Å². The van der Waals surface area contributed by atoms with Crippen LogP contribution in [-0.2, 0) is 27.7 Å². The van der Waals surface area contributed by atoms with E-state index >= 15 is 0 Å². The highest BCUT2D eigenvalue weighted by Gasteiger charge is 2.30. The Morgan fingerprint density at radius 3 is 2.54 bits per heavy atom. The third-order valence-corrected chi connectivity index (χ3v) is 10.2. The Bertz CT molecular complexity index is 1850. The first kappa shape index (κ1) is 26.9. The molecule has 0 saturated carbocycles. The van der Waals surface area contributed by atoms with Crippen LogP contribution in [0.5, 0.6) is 0 Å². The van der Waals surface area contributed by atoms with E-state index in [1.165, 1.54) is 36.6 Å². The number of nitrogens with zero attached hydrogens (tertiary/aromatic N) is 2. The lowest BCUT2D eigenvalue weighted by Gasteiger charge is -2.25. The summed E-state index contributed by atoms with van der Waals surface area (Å²) in [5.41, 5.74) is 3.33. The van der Waals surface area contributed by atoms with Gasteiger partial charge in [-0.2, -0.15) is 0 Å². The Morgan fingerprint density at radius 2 is 1.76 bits per heavy atom. The van der Waals surface area contributed by atoms with Crippen molar-refractivity contribution in [3.63, 3.8) is 0 Å². The minimum atomic E-state index is -3.82. The smallest absolute Gasteiger partial charge is 0.409 e. The average molecular weight is 605 g/mol. The van der Waals surface area contributed by atoms with Gasteiger partial charge in [0.2, 0.25) is 0 Å². The minimum Gasteiger partial charge on any atom is -0.453 e. The second-order valence-corrected chi connectivity index (χ2v) is 13.1. The fraction of sp³-hybridized carbons (Fsp3) is 0.138. The molecule has 0 bridgehead atoms. The number of carbonyl (C=O) groups is 2. The molecule has 41 heavy (non-hydrogen) atoms. The highest BCUT2D eigenvalue weighted by Crippen LogP contribution is 2.46. The van der Waals surface area contributed by atoms with Crippen LogP contribution >= 0.6 is 22.7 Å². The number of rotatable bonds is 6. The lowest BCUT2D eigenvalue weighted by atomic mass is 10.0. The van der Waals surface area contributed by atoms with Crippen LogP contribution in [0.3, 0.4) is 0 Å². The molecular formula is C29H24N4O5S3. The van der Waals surface area contributed by atoms with Gasteiger partial charge in [0.25, 0.3) is 15.9 Å². The molecule has 0 spiro atoms. The van der Waals surface area contributed by atoms with Crippen molar-refractivity contribution in [1.29, 1.82) is 0 Å². The number of benzene rings is 3. The lowest BCUT2D eigenvalue weighted by Crippen LogP contribution is -2.35. The number of amides is 2. The summed E-state index contributed by atoms with van der Waals surface area (Å²) in [5.74, 6) is -0.392. The molecule has 3 aromatic carbocycles. The van der Waals surface area contributed by atoms with Crippen molar-refractivity contribution in [3.8, 4) is 10.6 Å². The normalized spacial score (nSPS) is 13.0. The van der Waals surface area contributed by atoms with E-state index in [-0.39, 0.29) is 16.1 Å². The van der Waals surface area contributed by atoms with Crippen molar-refractivity contribution < 1.29 is 22.7 Å². The quantitative estimate of drug-likeness (QED) is 0.238. The van der Waals surface area contributed by atoms with Crippen LogP contribution < -0.4 is 10.0 Å². The second kappa shape index (κ2) is 11.0. The standard InChI is InChI=1S/C29H24N4O5S3/c1-38-29(35)33-15-14-21-24(17-33)40-28(25(21)27-30-22-12-5-6-13-23(22)39-27)31-26(34)18-8-7-9-19(16-18)32-41(36,37)20-10-3-2-4-11-20/h2-13,16,32H,14-15,17H2,1H3,(H,31,34). The molecule has 6 rings (SSSR count). The van der Waals surface area contributed by atoms with Gasteiger partial charge in [0.1, 0.15) is 10.0 Å². The number of fused-ring (bicyclic) bond motifs is 2. The van der Waals surface area contributed by atoms with Gasteiger partial charge in [0.15, 0.2) is 0 Å². The van der Waals surface area contributed by atoms with Crippen molar-refractivity contribution >= 4 is 65.6 Å². The van der Waals surface area contributed by atoms with E-state index in [4.69, 9.17) is 9.72 Å². The van der Waals surface area contributed by atoms with Gasteiger partial charge in [-0.1, -0.05) is 36.4 Å². The van der Waals surface area contributed by atoms with Crippen LogP contribution in [0.4, 0.5) is 15.5 Å². The molecule has 0 saturated heterocycles. The zero-order valence-corrected chi connectivity index (χ0v) is 24.2. The van der Waals surface area contributed by atoms with Gasteiger partial charge in [-0.3, -0.25) is 9.52 Å². The van der Waals surface area contributed by atoms with Crippen LogP contribution in [0.2, 0.25) is 0 Å². The van der Waals surface area contributed by atoms with E-state index in [0.29, 0.717) is 24.5 Å². The molecule has 1 aliphatic rings. The molecule has 0 radical (unpaired) electrons. The number of hydrogen-bond acceptors (Lipinski definition) is 8. The monoisotopic (exact) mass is 604 g/mol. The molecule has 2 aromatic heterocycles. The Kier molecular flexibility index (Phi) is 7.20. The number of thiophene rings is 1. The van der Waals surface area contributed by atoms with E-state index in [1.807, 2.05) is 24.3 Å². The highest BCUT2D eigenvalue weighted by molar-refractivity contribution is 7.92. The average Bonchev–Trinajstić information content (AvgIpc) is 3.57. The molecule has 2 amide bonds. The van der Waals surface area contributed by atoms with Crippen LogP contribution in [0.15, 0.2) is 83.8 Å². The maximum Gasteiger partial charge on any atom is 0.409 e. The van der Waals surface area contributed by atoms with E-state index in [2.05, 4.69) is 10.0 Å². The molecule has 0 unspecified atom stereocenters. The van der Waals surface area contributed by atoms with Crippen molar-refractivity contribution in [2.45, 2.75) is 17.9 Å². The van der Waals surface area contributed by atoms with Gasteiger partial charge in [0.05, 0.1) is 28.8 Å². The molecule has 0 aliphatic carbocycles. The summed E-state index contributed by atoms with van der Waals surface area (Å²) in [7, 11) is -2.46. The van der Waals surface area contributed by atoms with Gasteiger partial charge in [-0.25, -0.2) is 18.2 Å². The van der Waals surface area contributed by atoms with Gasteiger partial charge >= 0.3 is 6.09 Å². The summed E-state index contributed by atoms with van der Waals surface area (Å²) in [6.45, 7) is 0.864. The lowest BCUT2D eigenvalue weighted by molar-refractivity contribution is 0.102. The Hall–Kier alpha value is -4.26. The first-order chi connectivity index (χ1) is 19.8. The van der Waals surface area contributed by atoms with Crippen molar-refractivity contribution in [2.24, 2.45) is 0 Å². The molecule has 208 valence electrons. The summed E-state index contributed by atoms with van der Waals surface area (Å²) in [4.78, 5) is 33.3. The number of sulfonamides is 1. The van der Waals surface area contributed by atoms with Gasteiger partial charge < -0.3 is 15.0 Å². The zero-order valence-electron chi connectivity index (χ0n) is 21.8. The van der Waals surface area contributed by atoms with E-state index < -0.39 is 22.0 Å². The molecular weight excluding hydrogens is 581 g/mol. The van der Waals surface area contributed by atoms with Crippen molar-refractivity contribution in [2.75, 3.05) is 23.7 Å². The fourth-order valence-corrected chi connectivity index (χ4v) is 8.13. The van der Waals surface area contributed by atoms with Crippen LogP contribution in [0, 0.1) is 0 Å². The summed E-state index contributed by atoms with van der Waals surface area (Å²) in [6.07, 6.45) is 0.199. The number of methoxy groups -OCH3 is 1. The van der Waals surface area contributed by atoms with Crippen LogP contribution in [-0.4, -0.2) is 44.0 Å². The number of anilines is 2. The van der Waals surface area contributed by atoms with Crippen LogP contribution in [0.25, 0.3) is 20.8 Å². The van der Waals surface area contributed by atoms with Gasteiger partial charge in [-0.15, -0.1) is 22.7 Å². The number of aromatic nitrogens is 1. The summed E-state index contributed by atoms with van der Waals surface area (Å²) in [5, 5.41) is 4.45. The summed E-state index contributed by atoms with van der Waals surface area (Å²) in [6, 6.07) is 22.2. The molecule has 3 heterocycles. The SMILES string of the molecule is COC(=O)N1CCc2c(sc(NC(=O)c3cccc(NS(=O)(=O)c4ccccc4)c3)c2-c2nc3ccccc3s2)C1. The number of para-hydroxylation sites is 1. The number of ether oxygens (including phenoxy) is 1. The Balaban J connectivity index is 1.33. The first-order valence-corrected chi connectivity index (χ1v) is 15.8. The Morgan fingerprint density at radius 1 is 0.976 bits per heavy atom. The van der Waals surface area contributed by atoms with E-state index in [1.54, 1.807) is 52.6 Å². The molecule has 9 nitrogen and oxygen atoms in total. The highest BCUT2D eigenvalue weighted by atomic mass is 32.2. The third kappa shape index (κ3) is 5.41. The predicted molar refractivity (Wildman–Crippen MR) is 161 cm³/mol. The third-order valence-electron chi connectivity index (χ3n) is 6.65. The number of nitrogens with one attached hydrogen (secondary N) is 2. The maximum absolute atomic E-state index is 13.5. The summed E-state index contributed by atoms with van der Waals surface area (Å²) >= 11 is 2.95. The topological polar surface area (TPSA) is 118 Å². The Labute approximate surface area is 244 Å². The molecule has 5 aromatic rings. The molecule has 1 aliphatic heterocycles. The predicted octanol–water partition coefficient (Wildman–Crippen LogP) is 6.20. The van der Waals surface area contributed by atoms with Crippen molar-refractivity contribution in [3.05, 3.63) is 94.9 Å². The first-order valence-electron chi connectivity index (χ1n) is 12.6.